The van der Waals surface area contributed by atoms with Crippen molar-refractivity contribution in [3.8, 4) is 17.3 Å². The molecule has 2 aromatic carbocycles. The van der Waals surface area contributed by atoms with E-state index >= 15 is 4.39 Å². The Balaban J connectivity index is 1.82. The molecule has 1 atom stereocenters. The second-order valence-electron chi connectivity index (χ2n) is 8.04. The number of amidine groups is 1. The Morgan fingerprint density at radius 3 is 2.44 bits per heavy atom. The predicted molar refractivity (Wildman–Crippen MR) is 135 cm³/mol. The minimum atomic E-state index is -1.10. The summed E-state index contributed by atoms with van der Waals surface area (Å²) in [5.74, 6) is -2.60. The molecule has 0 saturated carbocycles. The van der Waals surface area contributed by atoms with Crippen molar-refractivity contribution in [1.82, 2.24) is 25.0 Å². The number of halogens is 1. The number of benzene rings is 2. The first kappa shape index (κ1) is 26.6. The molecule has 0 radical (unpaired) electrons. The number of methoxy groups -OCH3 is 2. The summed E-state index contributed by atoms with van der Waals surface area (Å²) in [4.78, 5) is 39.0. The molecule has 1 unspecified atom stereocenters. The van der Waals surface area contributed by atoms with Crippen LogP contribution in [-0.4, -0.2) is 57.0 Å². The molecule has 0 aliphatic heterocycles. The molecule has 0 bridgehead atoms. The second-order valence-corrected chi connectivity index (χ2v) is 8.04. The van der Waals surface area contributed by atoms with Gasteiger partial charge in [0.05, 0.1) is 20.4 Å². The maximum atomic E-state index is 15.4. The van der Waals surface area contributed by atoms with Gasteiger partial charge in [0.1, 0.15) is 23.3 Å². The van der Waals surface area contributed by atoms with Crippen LogP contribution >= 0.6 is 0 Å². The summed E-state index contributed by atoms with van der Waals surface area (Å²) in [5.41, 5.74) is 5.47. The Morgan fingerprint density at radius 1 is 1.15 bits per heavy atom. The zero-order chi connectivity index (χ0) is 28.3. The van der Waals surface area contributed by atoms with Crippen molar-refractivity contribution in [2.45, 2.75) is 13.0 Å². The number of hydrogen-bond acceptors (Lipinski definition) is 10. The third-order valence-electron chi connectivity index (χ3n) is 5.52. The summed E-state index contributed by atoms with van der Waals surface area (Å²) in [6.07, 6.45) is 1.07. The number of nitrogen functional groups attached to an aromatic ring is 1. The first-order valence-electron chi connectivity index (χ1n) is 11.2. The van der Waals surface area contributed by atoms with E-state index < -0.39 is 29.5 Å². The molecule has 0 amide bonds. The topological polar surface area (TPSA) is 203 Å². The number of ether oxygens (including phenoxy) is 3. The zero-order valence-corrected chi connectivity index (χ0v) is 20.9. The van der Waals surface area contributed by atoms with Gasteiger partial charge >= 0.3 is 17.6 Å². The molecule has 39 heavy (non-hydrogen) atoms. The number of esters is 2. The largest absolute Gasteiger partial charge is 0.493 e. The van der Waals surface area contributed by atoms with Gasteiger partial charge in [-0.15, -0.1) is 5.10 Å². The lowest BCUT2D eigenvalue weighted by Crippen LogP contribution is -2.20. The number of anilines is 1. The number of aromatic nitrogens is 5. The van der Waals surface area contributed by atoms with E-state index in [0.717, 1.165) is 23.9 Å². The third kappa shape index (κ3) is 5.46. The van der Waals surface area contributed by atoms with E-state index in [1.807, 2.05) is 0 Å². The number of hydrogen-bond donors (Lipinski definition) is 5. The fourth-order valence-corrected chi connectivity index (χ4v) is 3.70. The molecule has 202 valence electrons. The van der Waals surface area contributed by atoms with E-state index in [0.29, 0.717) is 11.3 Å². The van der Waals surface area contributed by atoms with Gasteiger partial charge in [-0.3, -0.25) is 20.3 Å². The third-order valence-corrected chi connectivity index (χ3v) is 5.52. The van der Waals surface area contributed by atoms with E-state index in [9.17, 15) is 14.4 Å². The van der Waals surface area contributed by atoms with Gasteiger partial charge in [0.25, 0.3) is 0 Å². The fourth-order valence-electron chi connectivity index (χ4n) is 3.70. The van der Waals surface area contributed by atoms with E-state index in [-0.39, 0.29) is 40.1 Å². The smallest absolute Gasteiger partial charge is 0.351 e. The number of carbonyl (C=O) groups is 2. The summed E-state index contributed by atoms with van der Waals surface area (Å²) in [5, 5.41) is 21.2. The van der Waals surface area contributed by atoms with Crippen LogP contribution in [0.2, 0.25) is 0 Å². The molecule has 0 fully saturated rings. The number of aromatic amines is 2. The summed E-state index contributed by atoms with van der Waals surface area (Å²) in [6, 6.07) is 7.82. The Hall–Kier alpha value is -5.47. The Labute approximate surface area is 219 Å². The van der Waals surface area contributed by atoms with Gasteiger partial charge in [0.15, 0.2) is 23.1 Å². The van der Waals surface area contributed by atoms with Crippen molar-refractivity contribution in [2.75, 3.05) is 19.5 Å². The lowest BCUT2D eigenvalue weighted by molar-refractivity contribution is -0.135. The van der Waals surface area contributed by atoms with Crippen molar-refractivity contribution in [1.29, 1.82) is 5.41 Å². The lowest BCUT2D eigenvalue weighted by Gasteiger charge is -2.20. The van der Waals surface area contributed by atoms with Crippen LogP contribution in [0.25, 0.3) is 5.82 Å². The van der Waals surface area contributed by atoms with Gasteiger partial charge in [-0.2, -0.15) is 9.78 Å². The van der Waals surface area contributed by atoms with Gasteiger partial charge in [-0.05, 0) is 30.3 Å². The molecule has 6 N–H and O–H groups in total. The summed E-state index contributed by atoms with van der Waals surface area (Å²) >= 11 is 0. The Morgan fingerprint density at radius 2 is 1.82 bits per heavy atom. The molecule has 0 aliphatic carbocycles. The first-order valence-corrected chi connectivity index (χ1v) is 11.2. The average molecular weight is 538 g/mol. The fraction of sp³-hybridized carbons (Fsp3) is 0.167. The molecular formula is C24H23FN8O6. The van der Waals surface area contributed by atoms with Crippen molar-refractivity contribution in [3.05, 3.63) is 81.4 Å². The highest BCUT2D eigenvalue weighted by Gasteiger charge is 2.27. The van der Waals surface area contributed by atoms with Gasteiger partial charge in [0.2, 0.25) is 0 Å². The van der Waals surface area contributed by atoms with Crippen LogP contribution in [0.1, 0.15) is 40.3 Å². The number of H-pyrrole nitrogens is 2. The molecule has 4 aromatic rings. The molecular weight excluding hydrogens is 515 g/mol. The molecule has 0 saturated heterocycles. The van der Waals surface area contributed by atoms with Crippen LogP contribution in [-0.2, 0) is 9.53 Å². The second kappa shape index (κ2) is 10.9. The maximum Gasteiger partial charge on any atom is 0.351 e. The normalized spacial score (nSPS) is 11.5. The number of nitrogens with zero attached hydrogens (tertiary/aromatic N) is 3. The number of rotatable bonds is 9. The first-order chi connectivity index (χ1) is 18.6. The standard InChI is InChI=1S/C24H23FN8O6/c1-11(34)39-23(35)15-10-28-31-22(15)33-24(36)30-21(32-33)19(29-13-6-4-12(5-7-13)20(26)27)14-8-17(37-2)18(38-3)9-16(14)25/h4-10,19,29H,1-3H3,(H3,26,27)(H,28,31)(H,30,32,36). The molecule has 4 rings (SSSR count). The maximum absolute atomic E-state index is 15.4. The summed E-state index contributed by atoms with van der Waals surface area (Å²) in [6.45, 7) is 1.05. The van der Waals surface area contributed by atoms with Crippen molar-refractivity contribution in [2.24, 2.45) is 5.73 Å². The van der Waals surface area contributed by atoms with Crippen molar-refractivity contribution < 1.29 is 28.2 Å². The van der Waals surface area contributed by atoms with Crippen LogP contribution in [0, 0.1) is 11.2 Å². The molecule has 2 aromatic heterocycles. The van der Waals surface area contributed by atoms with Crippen molar-refractivity contribution in [3.63, 3.8) is 0 Å². The van der Waals surface area contributed by atoms with Crippen molar-refractivity contribution >= 4 is 23.5 Å². The van der Waals surface area contributed by atoms with E-state index in [2.05, 4.69) is 30.3 Å². The molecule has 0 spiro atoms. The Bertz CT molecular complexity index is 1610. The van der Waals surface area contributed by atoms with Crippen LogP contribution in [0.5, 0.6) is 11.5 Å². The SMILES string of the molecule is COc1cc(F)c(C(Nc2ccc(C(=N)N)cc2)c2nn(-c3[nH]ncc3C(=O)OC(C)=O)c(=O)[nH]2)cc1OC. The average Bonchev–Trinajstić information content (AvgIpc) is 3.53. The molecule has 0 aliphatic rings. The summed E-state index contributed by atoms with van der Waals surface area (Å²) < 4.78 is 31.3. The number of carbonyl (C=O) groups excluding carboxylic acids is 2. The molecule has 14 nitrogen and oxygen atoms in total. The predicted octanol–water partition coefficient (Wildman–Crippen LogP) is 1.63. The molecule has 2 heterocycles. The van der Waals surface area contributed by atoms with Gasteiger partial charge in [0, 0.05) is 29.8 Å². The number of nitrogens with two attached hydrogens (primary N) is 1. The van der Waals surface area contributed by atoms with E-state index in [1.165, 1.54) is 20.3 Å². The number of nitrogens with one attached hydrogen (secondary N) is 4. The highest BCUT2D eigenvalue weighted by atomic mass is 19.1. The Kier molecular flexibility index (Phi) is 7.41. The minimum absolute atomic E-state index is 0.0324. The van der Waals surface area contributed by atoms with E-state index in [1.54, 1.807) is 24.3 Å². The quantitative estimate of drug-likeness (QED) is 0.0901. The van der Waals surface area contributed by atoms with Crippen LogP contribution < -0.4 is 26.2 Å². The molecule has 15 heteroatoms. The van der Waals surface area contributed by atoms with Gasteiger partial charge < -0.3 is 25.3 Å². The van der Waals surface area contributed by atoms with Crippen LogP contribution in [0.3, 0.4) is 0 Å². The minimum Gasteiger partial charge on any atom is -0.493 e. The van der Waals surface area contributed by atoms with E-state index in [4.69, 9.17) is 20.6 Å². The van der Waals surface area contributed by atoms with Gasteiger partial charge in [-0.25, -0.2) is 14.0 Å². The van der Waals surface area contributed by atoms with Crippen LogP contribution in [0.15, 0.2) is 47.4 Å². The van der Waals surface area contributed by atoms with Gasteiger partial charge in [-0.1, -0.05) is 0 Å². The zero-order valence-electron chi connectivity index (χ0n) is 20.9. The lowest BCUT2D eigenvalue weighted by atomic mass is 10.0. The summed E-state index contributed by atoms with van der Waals surface area (Å²) in [7, 11) is 2.75. The highest BCUT2D eigenvalue weighted by molar-refractivity contribution is 5.98. The van der Waals surface area contributed by atoms with Crippen LogP contribution in [0.4, 0.5) is 10.1 Å². The monoisotopic (exact) mass is 538 g/mol. The highest BCUT2D eigenvalue weighted by Crippen LogP contribution is 2.35.